The number of carbonyl (C=O) groups excluding carboxylic acids is 4. The summed E-state index contributed by atoms with van der Waals surface area (Å²) >= 11 is 4.73. The first-order valence-corrected chi connectivity index (χ1v) is 19.0. The number of fused-ring (bicyclic) bond motifs is 2. The van der Waals surface area contributed by atoms with Crippen LogP contribution < -0.4 is 20.4 Å². The van der Waals surface area contributed by atoms with Gasteiger partial charge in [-0.25, -0.2) is 9.97 Å². The average Bonchev–Trinajstić information content (AvgIpc) is 3.99. The van der Waals surface area contributed by atoms with Crippen LogP contribution in [-0.4, -0.2) is 110 Å². The van der Waals surface area contributed by atoms with Crippen LogP contribution in [0.25, 0.3) is 22.7 Å². The van der Waals surface area contributed by atoms with Crippen LogP contribution in [0.15, 0.2) is 57.7 Å². The topological polar surface area (TPSA) is 203 Å². The predicted octanol–water partition coefficient (Wildman–Crippen LogP) is 2.92. The number of hydrogen-bond donors (Lipinski definition) is 4. The first kappa shape index (κ1) is 35.8. The fourth-order valence-corrected chi connectivity index (χ4v) is 8.23. The number of hydrogen-bond acceptors (Lipinski definition) is 15. The lowest BCUT2D eigenvalue weighted by molar-refractivity contribution is -0.137. The minimum Gasteiger partial charge on any atom is -0.444 e. The Labute approximate surface area is 325 Å². The van der Waals surface area contributed by atoms with Gasteiger partial charge in [-0.2, -0.15) is 4.98 Å². The fourth-order valence-electron chi connectivity index (χ4n) is 7.75. The molecular formula is C38H38N10O7S. The van der Waals surface area contributed by atoms with Crippen molar-refractivity contribution < 1.29 is 33.1 Å². The van der Waals surface area contributed by atoms with E-state index in [1.807, 2.05) is 30.0 Å². The zero-order chi connectivity index (χ0) is 38.7. The Bertz CT molecular complexity index is 2390. The highest BCUT2D eigenvalue weighted by Gasteiger charge is 2.43. The minimum atomic E-state index is -0.741. The minimum absolute atomic E-state index is 0.0890. The lowest BCUT2D eigenvalue weighted by Gasteiger charge is -2.34. The normalized spacial score (nSPS) is 21.6. The summed E-state index contributed by atoms with van der Waals surface area (Å²) in [6.07, 6.45) is 3.45. The largest absolute Gasteiger partial charge is 0.444 e. The molecule has 4 amide bonds. The van der Waals surface area contributed by atoms with Crippen molar-refractivity contribution in [3.05, 3.63) is 76.9 Å². The van der Waals surface area contributed by atoms with E-state index in [1.165, 1.54) is 11.2 Å². The van der Waals surface area contributed by atoms with Gasteiger partial charge < -0.3 is 34.0 Å². The standard InChI is InChI=1S/C38H38N10O7S/c1-20-14-22(6-8-39-20)35-41-27(19-54-35)33(51)40-26-16-29-31(43-32(26)47-9-7-23(49)18-47)44-38(55-29)46-12-10-45(11-13-46)17-21-2-3-24-25(15-21)37(56)48(36(24)53)28-4-5-30(50)42-34(28)52/h2-3,6,8,14-16,19,23,28,37,49,56H,4-5,7,9-13,17-18H2,1H3,(H,40,51)(H,42,50,52)/t23-,28?,37?/m1/s1. The monoisotopic (exact) mass is 778 g/mol. The van der Waals surface area contributed by atoms with Gasteiger partial charge in [0.05, 0.1) is 11.8 Å². The van der Waals surface area contributed by atoms with Gasteiger partial charge in [-0.15, -0.1) is 12.6 Å². The Morgan fingerprint density at radius 1 is 1.02 bits per heavy atom. The molecule has 3 N–H and O–H groups in total. The number of nitrogens with zero attached hydrogens (tertiary/aromatic N) is 8. The van der Waals surface area contributed by atoms with E-state index in [0.717, 1.165) is 16.8 Å². The smallest absolute Gasteiger partial charge is 0.300 e. The number of pyridine rings is 2. The SMILES string of the molecule is Cc1cc(-c2nc(C(=O)Nc3cc4oc(N5CCN(Cc6ccc7c(c6)C(S)N(C6CCC(=O)NC6=O)C7=O)CC5)nc4nc3N3CC[C@@H](O)C3)co2)ccn1. The number of thiol groups is 1. The third-order valence-corrected chi connectivity index (χ3v) is 11.2. The van der Waals surface area contributed by atoms with Crippen molar-refractivity contribution in [2.24, 2.45) is 0 Å². The van der Waals surface area contributed by atoms with Gasteiger partial charge >= 0.3 is 0 Å². The summed E-state index contributed by atoms with van der Waals surface area (Å²) in [7, 11) is 0. The number of benzene rings is 1. The number of β-amino-alcohol motifs (C(OH)–C–C–N with tert-alkyl or cyclic N) is 1. The number of nitrogens with one attached hydrogen (secondary N) is 2. The van der Waals surface area contributed by atoms with E-state index in [-0.39, 0.29) is 30.3 Å². The van der Waals surface area contributed by atoms with E-state index in [4.69, 9.17) is 31.4 Å². The number of aryl methyl sites for hydroxylation is 1. The Balaban J connectivity index is 0.881. The van der Waals surface area contributed by atoms with Crippen LogP contribution in [0.1, 0.15) is 62.3 Å². The number of rotatable bonds is 8. The predicted molar refractivity (Wildman–Crippen MR) is 205 cm³/mol. The second-order valence-corrected chi connectivity index (χ2v) is 15.0. The van der Waals surface area contributed by atoms with Gasteiger partial charge in [-0.3, -0.25) is 34.4 Å². The highest BCUT2D eigenvalue weighted by atomic mass is 32.1. The zero-order valence-electron chi connectivity index (χ0n) is 30.3. The van der Waals surface area contributed by atoms with Crippen LogP contribution >= 0.6 is 12.6 Å². The highest BCUT2D eigenvalue weighted by Crippen LogP contribution is 2.40. The van der Waals surface area contributed by atoms with E-state index in [2.05, 4.69) is 30.4 Å². The van der Waals surface area contributed by atoms with Gasteiger partial charge in [0.25, 0.3) is 17.8 Å². The molecule has 1 aromatic carbocycles. The number of oxazole rings is 2. The number of piperazine rings is 1. The maximum atomic E-state index is 13.4. The second kappa shape index (κ2) is 14.3. The van der Waals surface area contributed by atoms with Crippen LogP contribution in [0.3, 0.4) is 0 Å². The van der Waals surface area contributed by atoms with Crippen molar-refractivity contribution in [2.45, 2.75) is 50.3 Å². The molecule has 56 heavy (non-hydrogen) atoms. The van der Waals surface area contributed by atoms with Crippen LogP contribution in [0.2, 0.25) is 0 Å². The molecule has 18 heteroatoms. The summed E-state index contributed by atoms with van der Waals surface area (Å²) in [6, 6.07) is 10.7. The third kappa shape index (κ3) is 6.73. The summed E-state index contributed by atoms with van der Waals surface area (Å²) in [4.78, 5) is 76.8. The van der Waals surface area contributed by atoms with Crippen molar-refractivity contribution >= 4 is 65.0 Å². The fraction of sp³-hybridized carbons (Fsp3) is 0.368. The van der Waals surface area contributed by atoms with E-state index in [0.29, 0.717) is 98.0 Å². The second-order valence-electron chi connectivity index (χ2n) is 14.5. The molecule has 9 rings (SSSR count). The Morgan fingerprint density at radius 3 is 2.62 bits per heavy atom. The number of piperidine rings is 1. The molecule has 5 aromatic rings. The summed E-state index contributed by atoms with van der Waals surface area (Å²) in [5, 5.41) is 15.0. The van der Waals surface area contributed by atoms with Crippen LogP contribution in [0.4, 0.5) is 17.5 Å². The highest BCUT2D eigenvalue weighted by molar-refractivity contribution is 7.80. The molecule has 3 saturated heterocycles. The first-order chi connectivity index (χ1) is 27.1. The van der Waals surface area contributed by atoms with E-state index < -0.39 is 29.3 Å². The molecular weight excluding hydrogens is 741 g/mol. The maximum Gasteiger partial charge on any atom is 0.300 e. The Hall–Kier alpha value is -5.85. The van der Waals surface area contributed by atoms with Crippen molar-refractivity contribution in [1.29, 1.82) is 0 Å². The number of aliphatic hydroxyl groups excluding tert-OH is 1. The van der Waals surface area contributed by atoms with Crippen molar-refractivity contribution in [1.82, 2.24) is 35.1 Å². The van der Waals surface area contributed by atoms with Crippen LogP contribution in [0.5, 0.6) is 0 Å². The quantitative estimate of drug-likeness (QED) is 0.132. The zero-order valence-corrected chi connectivity index (χ0v) is 31.2. The number of carbonyl (C=O) groups is 4. The lowest BCUT2D eigenvalue weighted by Crippen LogP contribution is -2.53. The van der Waals surface area contributed by atoms with Gasteiger partial charge in [0, 0.05) is 81.3 Å². The molecule has 8 heterocycles. The number of aromatic nitrogens is 4. The molecule has 0 bridgehead atoms. The van der Waals surface area contributed by atoms with Gasteiger partial charge in [0.2, 0.25) is 23.4 Å². The van der Waals surface area contributed by atoms with E-state index in [9.17, 15) is 24.3 Å². The molecule has 3 atom stereocenters. The van der Waals surface area contributed by atoms with Crippen molar-refractivity contribution in [3.8, 4) is 11.5 Å². The van der Waals surface area contributed by atoms with Gasteiger partial charge in [0.1, 0.15) is 17.7 Å². The van der Waals surface area contributed by atoms with Gasteiger partial charge in [-0.1, -0.05) is 12.1 Å². The Morgan fingerprint density at radius 2 is 1.86 bits per heavy atom. The Kier molecular flexibility index (Phi) is 9.17. The first-order valence-electron chi connectivity index (χ1n) is 18.5. The molecule has 288 valence electrons. The van der Waals surface area contributed by atoms with Crippen molar-refractivity contribution in [2.75, 3.05) is 54.4 Å². The summed E-state index contributed by atoms with van der Waals surface area (Å²) in [6.45, 7) is 6.11. The van der Waals surface area contributed by atoms with Gasteiger partial charge in [0.15, 0.2) is 17.1 Å². The summed E-state index contributed by atoms with van der Waals surface area (Å²) in [5.41, 5.74) is 5.05. The number of aliphatic hydroxyl groups is 1. The molecule has 0 radical (unpaired) electrons. The van der Waals surface area contributed by atoms with E-state index >= 15 is 0 Å². The molecule has 0 saturated carbocycles. The maximum absolute atomic E-state index is 13.4. The number of imide groups is 1. The molecule has 2 unspecified atom stereocenters. The van der Waals surface area contributed by atoms with Gasteiger partial charge in [-0.05, 0) is 49.1 Å². The van der Waals surface area contributed by atoms with Crippen LogP contribution in [0, 0.1) is 6.92 Å². The summed E-state index contributed by atoms with van der Waals surface area (Å²) < 4.78 is 11.8. The van der Waals surface area contributed by atoms with Crippen LogP contribution in [-0.2, 0) is 16.1 Å². The molecule has 0 spiro atoms. The summed E-state index contributed by atoms with van der Waals surface area (Å²) in [5.74, 6) is -0.785. The molecule has 4 aliphatic heterocycles. The van der Waals surface area contributed by atoms with E-state index in [1.54, 1.807) is 24.4 Å². The number of anilines is 3. The molecule has 0 aliphatic carbocycles. The van der Waals surface area contributed by atoms with Crippen molar-refractivity contribution in [3.63, 3.8) is 0 Å². The third-order valence-electron chi connectivity index (χ3n) is 10.7. The molecule has 17 nitrogen and oxygen atoms in total. The molecule has 4 aromatic heterocycles. The molecule has 3 fully saturated rings. The lowest BCUT2D eigenvalue weighted by atomic mass is 10.0. The number of amides is 4. The molecule has 4 aliphatic rings. The average molecular weight is 779 g/mol.